The van der Waals surface area contributed by atoms with Crippen molar-refractivity contribution in [2.24, 2.45) is 18.9 Å². The molecule has 0 bridgehead atoms. The van der Waals surface area contributed by atoms with Gasteiger partial charge in [0.25, 0.3) is 5.91 Å². The Morgan fingerprint density at radius 2 is 2.06 bits per heavy atom. The number of amides is 1. The molecule has 12 heteroatoms. The second-order valence-corrected chi connectivity index (χ2v) is 10.9. The zero-order chi connectivity index (χ0) is 25.6. The fraction of sp³-hybridized carbons (Fsp3) is 0.500. The van der Waals surface area contributed by atoms with Gasteiger partial charge in [-0.1, -0.05) is 11.6 Å². The van der Waals surface area contributed by atoms with Gasteiger partial charge in [-0.3, -0.25) is 4.79 Å². The van der Waals surface area contributed by atoms with Crippen LogP contribution in [0.2, 0.25) is 5.02 Å². The van der Waals surface area contributed by atoms with Crippen molar-refractivity contribution in [3.63, 3.8) is 0 Å². The molecule has 2 saturated carbocycles. The van der Waals surface area contributed by atoms with E-state index in [4.69, 9.17) is 16.3 Å². The minimum Gasteiger partial charge on any atom is -0.383 e. The van der Waals surface area contributed by atoms with E-state index in [0.29, 0.717) is 47.7 Å². The average Bonchev–Trinajstić information content (AvgIpc) is 3.56. The molecule has 2 N–H and O–H groups in total. The molecule has 1 amide bonds. The number of aliphatic hydroxyl groups is 1. The highest BCUT2D eigenvalue weighted by Gasteiger charge is 2.52. The molecule has 2 heterocycles. The van der Waals surface area contributed by atoms with Gasteiger partial charge in [0.15, 0.2) is 4.60 Å². The highest BCUT2D eigenvalue weighted by molar-refractivity contribution is 9.10. The molecule has 1 aromatic carbocycles. The van der Waals surface area contributed by atoms with Gasteiger partial charge in [0, 0.05) is 25.8 Å². The van der Waals surface area contributed by atoms with E-state index in [1.165, 1.54) is 18.2 Å². The van der Waals surface area contributed by atoms with Gasteiger partial charge in [0.1, 0.15) is 22.8 Å². The summed E-state index contributed by atoms with van der Waals surface area (Å²) < 4.78 is 20.9. The number of methoxy groups -OCH3 is 1. The van der Waals surface area contributed by atoms with E-state index < -0.39 is 11.4 Å². The Morgan fingerprint density at radius 3 is 2.72 bits per heavy atom. The summed E-state index contributed by atoms with van der Waals surface area (Å²) in [6.07, 6.45) is 4.45. The number of anilines is 1. The molecule has 0 spiro atoms. The second-order valence-electron chi connectivity index (χ2n) is 9.73. The molecule has 2 fully saturated rings. The molecular weight excluding hydrogens is 555 g/mol. The molecule has 2 atom stereocenters. The molecule has 0 radical (unpaired) electrons. The van der Waals surface area contributed by atoms with Crippen LogP contribution in [0.4, 0.5) is 10.1 Å². The molecule has 2 aliphatic carbocycles. The standard InChI is InChI=1S/C24H27BrClFN6O3/c1-32-12-28-19(20(32)23(34)29-16-3-4-18(27)17(26)9-16)13-7-14-10-24(35,11-15(14)8-13)21-22(25)31-33(30-21)5-6-36-2/h3-4,9,12-15,35H,5-8,10-11H2,1-2H3,(H,29,34). The van der Waals surface area contributed by atoms with Gasteiger partial charge >= 0.3 is 0 Å². The first kappa shape index (κ1) is 25.3. The minimum absolute atomic E-state index is 0.0560. The van der Waals surface area contributed by atoms with Crippen LogP contribution in [0.25, 0.3) is 0 Å². The number of imidazole rings is 1. The molecule has 2 unspecified atom stereocenters. The number of hydrogen-bond donors (Lipinski definition) is 2. The summed E-state index contributed by atoms with van der Waals surface area (Å²) in [7, 11) is 3.40. The third-order valence-corrected chi connectivity index (χ3v) is 8.16. The minimum atomic E-state index is -1.05. The first-order chi connectivity index (χ1) is 17.2. The Labute approximate surface area is 221 Å². The number of nitrogens with one attached hydrogen (secondary N) is 1. The normalized spacial score (nSPS) is 25.3. The molecule has 3 aromatic rings. The number of benzene rings is 1. The smallest absolute Gasteiger partial charge is 0.274 e. The summed E-state index contributed by atoms with van der Waals surface area (Å²) in [6.45, 7) is 0.995. The van der Waals surface area contributed by atoms with Crippen LogP contribution >= 0.6 is 27.5 Å². The first-order valence-corrected chi connectivity index (χ1v) is 13.0. The summed E-state index contributed by atoms with van der Waals surface area (Å²) in [5.41, 5.74) is 1.15. The number of nitrogens with zero attached hydrogens (tertiary/aromatic N) is 5. The van der Waals surface area contributed by atoms with Crippen molar-refractivity contribution >= 4 is 39.1 Å². The molecule has 9 nitrogen and oxygen atoms in total. The Hall–Kier alpha value is -2.34. The van der Waals surface area contributed by atoms with Crippen molar-refractivity contribution in [1.82, 2.24) is 24.5 Å². The maximum atomic E-state index is 13.5. The van der Waals surface area contributed by atoms with E-state index in [2.05, 4.69) is 36.4 Å². The number of hydrogen-bond acceptors (Lipinski definition) is 6. The van der Waals surface area contributed by atoms with Crippen molar-refractivity contribution in [3.05, 3.63) is 57.1 Å². The molecule has 5 rings (SSSR count). The van der Waals surface area contributed by atoms with Crippen molar-refractivity contribution in [2.45, 2.75) is 43.7 Å². The first-order valence-electron chi connectivity index (χ1n) is 11.8. The van der Waals surface area contributed by atoms with E-state index in [0.717, 1.165) is 18.5 Å². The van der Waals surface area contributed by atoms with Gasteiger partial charge in [0.2, 0.25) is 0 Å². The predicted octanol–water partition coefficient (Wildman–Crippen LogP) is 4.26. The molecule has 2 aromatic heterocycles. The van der Waals surface area contributed by atoms with Crippen LogP contribution in [-0.4, -0.2) is 49.3 Å². The summed E-state index contributed by atoms with van der Waals surface area (Å²) in [6, 6.07) is 4.07. The van der Waals surface area contributed by atoms with E-state index in [9.17, 15) is 14.3 Å². The summed E-state index contributed by atoms with van der Waals surface area (Å²) in [5, 5.41) is 23.1. The molecule has 36 heavy (non-hydrogen) atoms. The monoisotopic (exact) mass is 580 g/mol. The zero-order valence-electron chi connectivity index (χ0n) is 19.9. The summed E-state index contributed by atoms with van der Waals surface area (Å²) >= 11 is 9.33. The molecule has 2 aliphatic rings. The summed E-state index contributed by atoms with van der Waals surface area (Å²) in [5.74, 6) is -0.199. The lowest BCUT2D eigenvalue weighted by atomic mass is 9.90. The molecule has 0 saturated heterocycles. The van der Waals surface area contributed by atoms with Gasteiger partial charge in [-0.05, 0) is 71.6 Å². The Morgan fingerprint density at radius 1 is 1.33 bits per heavy atom. The summed E-state index contributed by atoms with van der Waals surface area (Å²) in [4.78, 5) is 19.3. The average molecular weight is 582 g/mol. The topological polar surface area (TPSA) is 107 Å². The van der Waals surface area contributed by atoms with E-state index in [-0.39, 0.29) is 28.7 Å². The maximum absolute atomic E-state index is 13.5. The number of carbonyl (C=O) groups is 1. The highest BCUT2D eigenvalue weighted by atomic mass is 79.9. The van der Waals surface area contributed by atoms with Crippen LogP contribution in [0, 0.1) is 17.7 Å². The van der Waals surface area contributed by atoms with Crippen LogP contribution in [0.3, 0.4) is 0 Å². The van der Waals surface area contributed by atoms with E-state index in [1.807, 2.05) is 0 Å². The third kappa shape index (κ3) is 4.69. The highest BCUT2D eigenvalue weighted by Crippen LogP contribution is 2.57. The van der Waals surface area contributed by atoms with E-state index in [1.54, 1.807) is 29.8 Å². The lowest BCUT2D eigenvalue weighted by Crippen LogP contribution is -2.25. The number of aryl methyl sites for hydroxylation is 1. The fourth-order valence-electron chi connectivity index (χ4n) is 5.75. The quantitative estimate of drug-likeness (QED) is 0.432. The third-order valence-electron chi connectivity index (χ3n) is 7.34. The zero-order valence-corrected chi connectivity index (χ0v) is 22.3. The Balaban J connectivity index is 1.30. The van der Waals surface area contributed by atoms with Crippen molar-refractivity contribution in [2.75, 3.05) is 19.0 Å². The number of halogens is 3. The van der Waals surface area contributed by atoms with Crippen LogP contribution in [0.15, 0.2) is 29.1 Å². The largest absolute Gasteiger partial charge is 0.383 e. The number of fused-ring (bicyclic) bond motifs is 1. The van der Waals surface area contributed by atoms with E-state index >= 15 is 0 Å². The van der Waals surface area contributed by atoms with Gasteiger partial charge in [-0.15, -0.1) is 5.10 Å². The van der Waals surface area contributed by atoms with Gasteiger partial charge in [-0.25, -0.2) is 9.37 Å². The lowest BCUT2D eigenvalue weighted by molar-refractivity contribution is 0.0285. The van der Waals surface area contributed by atoms with Gasteiger partial charge in [0.05, 0.1) is 30.2 Å². The number of aromatic nitrogens is 5. The second kappa shape index (κ2) is 9.85. The number of rotatable bonds is 7. The van der Waals surface area contributed by atoms with Crippen molar-refractivity contribution in [1.29, 1.82) is 0 Å². The molecule has 192 valence electrons. The van der Waals surface area contributed by atoms with Gasteiger partial charge < -0.3 is 19.7 Å². The Kier molecular flexibility index (Phi) is 6.92. The fourth-order valence-corrected chi connectivity index (χ4v) is 6.56. The van der Waals surface area contributed by atoms with Crippen molar-refractivity contribution in [3.8, 4) is 0 Å². The number of ether oxygens (including phenoxy) is 1. The Bertz CT molecular complexity index is 1280. The van der Waals surface area contributed by atoms with Crippen LogP contribution < -0.4 is 5.32 Å². The lowest BCUT2D eigenvalue weighted by Gasteiger charge is -2.22. The number of carbonyl (C=O) groups excluding carboxylic acids is 1. The van der Waals surface area contributed by atoms with Crippen LogP contribution in [0.1, 0.15) is 53.5 Å². The van der Waals surface area contributed by atoms with Crippen LogP contribution in [0.5, 0.6) is 0 Å². The van der Waals surface area contributed by atoms with Crippen LogP contribution in [-0.2, 0) is 23.9 Å². The molecular formula is C24H27BrClFN6O3. The van der Waals surface area contributed by atoms with Crippen molar-refractivity contribution < 1.29 is 19.0 Å². The molecule has 0 aliphatic heterocycles. The maximum Gasteiger partial charge on any atom is 0.274 e. The predicted molar refractivity (Wildman–Crippen MR) is 134 cm³/mol. The van der Waals surface area contributed by atoms with Gasteiger partial charge in [-0.2, -0.15) is 9.90 Å². The SMILES string of the molecule is COCCn1nc(Br)c(C2(O)CC3CC(c4ncn(C)c4C(=O)Nc4ccc(F)c(Cl)c4)CC3C2)n1.